The molecule has 0 spiro atoms. The molecule has 0 atom stereocenters. The third-order valence-corrected chi connectivity index (χ3v) is 9.02. The molecule has 11 heteroatoms. The van der Waals surface area contributed by atoms with Crippen LogP contribution >= 0.6 is 0 Å². The van der Waals surface area contributed by atoms with Gasteiger partial charge in [-0.15, -0.1) is 0 Å². The van der Waals surface area contributed by atoms with Gasteiger partial charge in [0.05, 0.1) is 13.2 Å². The summed E-state index contributed by atoms with van der Waals surface area (Å²) in [6.07, 6.45) is 0.873. The summed E-state index contributed by atoms with van der Waals surface area (Å²) in [5.74, 6) is -0.465. The molecule has 6 rings (SSSR count). The number of methoxy groups -OCH3 is 2. The van der Waals surface area contributed by atoms with Crippen molar-refractivity contribution in [1.29, 1.82) is 0 Å². The summed E-state index contributed by atoms with van der Waals surface area (Å²) in [6, 6.07) is 19.4. The zero-order valence-corrected chi connectivity index (χ0v) is 27.7. The third-order valence-electron chi connectivity index (χ3n) is 9.02. The largest absolute Gasteiger partial charge is 0.383 e. The highest BCUT2D eigenvalue weighted by atomic mass is 16.5. The first-order valence-corrected chi connectivity index (χ1v) is 16.7. The number of hydrogen-bond acceptors (Lipinski definition) is 9. The van der Waals surface area contributed by atoms with Crippen LogP contribution in [0.15, 0.2) is 60.7 Å². The molecule has 4 aromatic carbocycles. The average Bonchev–Trinajstić information content (AvgIpc) is 3.10. The summed E-state index contributed by atoms with van der Waals surface area (Å²) in [5, 5.41) is 17.2. The number of amides is 3. The van der Waals surface area contributed by atoms with E-state index in [1.807, 2.05) is 35.2 Å². The number of carbonyl (C=O) groups is 3. The van der Waals surface area contributed by atoms with Crippen molar-refractivity contribution in [3.05, 3.63) is 82.9 Å². The molecular formula is C37H44N6O5. The van der Waals surface area contributed by atoms with Crippen molar-refractivity contribution in [2.75, 3.05) is 90.4 Å². The van der Waals surface area contributed by atoms with Crippen LogP contribution in [0.4, 0.5) is 11.4 Å². The number of benzene rings is 4. The lowest BCUT2D eigenvalue weighted by molar-refractivity contribution is 0.0611. The molecule has 48 heavy (non-hydrogen) atoms. The Labute approximate surface area is 280 Å². The highest BCUT2D eigenvalue weighted by molar-refractivity contribution is 6.26. The molecule has 3 amide bonds. The minimum atomic E-state index is -0.263. The molecule has 11 nitrogen and oxygen atoms in total. The van der Waals surface area contributed by atoms with Gasteiger partial charge in [-0.2, -0.15) is 0 Å². The summed E-state index contributed by atoms with van der Waals surface area (Å²) in [7, 11) is 3.33. The first kappa shape index (κ1) is 33.4. The Morgan fingerprint density at radius 2 is 1.17 bits per heavy atom. The molecule has 0 aliphatic carbocycles. The maximum Gasteiger partial charge on any atom is 0.261 e. The molecule has 0 saturated carbocycles. The van der Waals surface area contributed by atoms with Gasteiger partial charge in [-0.1, -0.05) is 30.3 Å². The number of anilines is 2. The first-order valence-electron chi connectivity index (χ1n) is 16.7. The molecule has 2 aliphatic rings. The Bertz CT molecular complexity index is 1790. The van der Waals surface area contributed by atoms with E-state index in [9.17, 15) is 14.4 Å². The zero-order valence-electron chi connectivity index (χ0n) is 27.7. The molecule has 0 radical (unpaired) electrons. The van der Waals surface area contributed by atoms with Gasteiger partial charge in [0.1, 0.15) is 0 Å². The van der Waals surface area contributed by atoms with Gasteiger partial charge in [0.2, 0.25) is 0 Å². The normalized spacial score (nSPS) is 14.0. The molecule has 252 valence electrons. The van der Waals surface area contributed by atoms with E-state index in [1.165, 1.54) is 4.90 Å². The summed E-state index contributed by atoms with van der Waals surface area (Å²) in [4.78, 5) is 43.3. The van der Waals surface area contributed by atoms with Crippen LogP contribution in [-0.4, -0.2) is 107 Å². The van der Waals surface area contributed by atoms with E-state index < -0.39 is 0 Å². The van der Waals surface area contributed by atoms with Crippen LogP contribution in [0.3, 0.4) is 0 Å². The number of nitrogens with zero attached hydrogens (tertiary/aromatic N) is 2. The fourth-order valence-corrected chi connectivity index (χ4v) is 6.64. The number of hydrogen-bond donors (Lipinski definition) is 4. The predicted octanol–water partition coefficient (Wildman–Crippen LogP) is 3.93. The molecule has 0 unspecified atom stereocenters. The average molecular weight is 653 g/mol. The lowest BCUT2D eigenvalue weighted by Crippen LogP contribution is -2.44. The van der Waals surface area contributed by atoms with Gasteiger partial charge in [0.25, 0.3) is 17.7 Å². The van der Waals surface area contributed by atoms with Gasteiger partial charge in [0.15, 0.2) is 0 Å². The van der Waals surface area contributed by atoms with E-state index in [0.717, 1.165) is 58.2 Å². The fourth-order valence-electron chi connectivity index (χ4n) is 6.64. The van der Waals surface area contributed by atoms with Crippen LogP contribution in [0.25, 0.3) is 21.5 Å². The second kappa shape index (κ2) is 15.6. The van der Waals surface area contributed by atoms with E-state index in [-0.39, 0.29) is 17.7 Å². The second-order valence-corrected chi connectivity index (χ2v) is 12.1. The van der Waals surface area contributed by atoms with Crippen LogP contribution in [-0.2, 0) is 16.0 Å². The zero-order chi connectivity index (χ0) is 33.5. The van der Waals surface area contributed by atoms with Crippen molar-refractivity contribution in [1.82, 2.24) is 20.4 Å². The van der Waals surface area contributed by atoms with Gasteiger partial charge < -0.3 is 35.6 Å². The maximum atomic E-state index is 13.4. The molecule has 2 heterocycles. The topological polar surface area (TPSA) is 124 Å². The summed E-state index contributed by atoms with van der Waals surface area (Å²) >= 11 is 0. The van der Waals surface area contributed by atoms with Gasteiger partial charge in [-0.25, -0.2) is 0 Å². The molecule has 0 bridgehead atoms. The van der Waals surface area contributed by atoms with E-state index >= 15 is 0 Å². The van der Waals surface area contributed by atoms with E-state index in [4.69, 9.17) is 9.47 Å². The fraction of sp³-hybridized carbons (Fsp3) is 0.378. The van der Waals surface area contributed by atoms with Crippen LogP contribution in [0, 0.1) is 0 Å². The number of carbonyl (C=O) groups excluding carboxylic acids is 3. The SMILES string of the molecule is COCCNc1ccc2c3c(cccc13)C(=O)N(CCNCCCNCCN1C(=O)c3cccc4c(NCCOC)ccc(c34)C1=O)C2. The van der Waals surface area contributed by atoms with Gasteiger partial charge in [-0.05, 0) is 55.4 Å². The van der Waals surface area contributed by atoms with Gasteiger partial charge in [0, 0.05) is 110 Å². The van der Waals surface area contributed by atoms with E-state index in [0.29, 0.717) is 75.5 Å². The first-order chi connectivity index (χ1) is 23.5. The highest BCUT2D eigenvalue weighted by Crippen LogP contribution is 2.35. The molecule has 0 saturated heterocycles. The standard InChI is InChI=1S/C37H44N6O5/c1-47-22-18-40-31-12-10-25-24-42(35(44)28-8-3-6-26(31)33(25)28)20-16-38-14-5-15-39-17-21-43-36(45)29-9-4-7-27-32(41-19-23-48-2)13-11-30(34(27)29)37(43)46/h3-4,6-13,38-41H,5,14-24H2,1-2H3. The maximum absolute atomic E-state index is 13.4. The van der Waals surface area contributed by atoms with Crippen LogP contribution in [0.2, 0.25) is 0 Å². The van der Waals surface area contributed by atoms with Crippen molar-refractivity contribution in [3.63, 3.8) is 0 Å². The molecule has 2 aliphatic heterocycles. The Balaban J connectivity index is 0.930. The quantitative estimate of drug-likeness (QED) is 0.0935. The van der Waals surface area contributed by atoms with Crippen molar-refractivity contribution >= 4 is 50.6 Å². The number of nitrogens with one attached hydrogen (secondary N) is 4. The molecule has 4 N–H and O–H groups in total. The smallest absolute Gasteiger partial charge is 0.261 e. The minimum Gasteiger partial charge on any atom is -0.383 e. The Hall–Kier alpha value is -4.55. The number of ether oxygens (including phenoxy) is 2. The number of imide groups is 1. The monoisotopic (exact) mass is 652 g/mol. The van der Waals surface area contributed by atoms with Crippen molar-refractivity contribution < 1.29 is 23.9 Å². The summed E-state index contributed by atoms with van der Waals surface area (Å²) in [6.45, 7) is 6.74. The lowest BCUT2D eigenvalue weighted by Gasteiger charge is -2.30. The van der Waals surface area contributed by atoms with Gasteiger partial charge in [-0.3, -0.25) is 19.3 Å². The summed E-state index contributed by atoms with van der Waals surface area (Å²) < 4.78 is 10.3. The summed E-state index contributed by atoms with van der Waals surface area (Å²) in [5.41, 5.74) is 4.90. The van der Waals surface area contributed by atoms with E-state index in [1.54, 1.807) is 26.4 Å². The van der Waals surface area contributed by atoms with Crippen molar-refractivity contribution in [2.24, 2.45) is 0 Å². The third kappa shape index (κ3) is 6.86. The Morgan fingerprint density at radius 1 is 0.604 bits per heavy atom. The lowest BCUT2D eigenvalue weighted by atomic mass is 9.93. The molecule has 0 fully saturated rings. The van der Waals surface area contributed by atoms with Crippen molar-refractivity contribution in [2.45, 2.75) is 13.0 Å². The van der Waals surface area contributed by atoms with E-state index in [2.05, 4.69) is 39.5 Å². The Morgan fingerprint density at radius 3 is 1.81 bits per heavy atom. The Kier molecular flexibility index (Phi) is 10.8. The van der Waals surface area contributed by atoms with Crippen molar-refractivity contribution in [3.8, 4) is 0 Å². The minimum absolute atomic E-state index is 0.0606. The molecule has 4 aromatic rings. The van der Waals surface area contributed by atoms with Crippen LogP contribution < -0.4 is 21.3 Å². The highest BCUT2D eigenvalue weighted by Gasteiger charge is 2.33. The number of rotatable bonds is 18. The molecule has 0 aromatic heterocycles. The second-order valence-electron chi connectivity index (χ2n) is 12.1. The molecular weight excluding hydrogens is 608 g/mol. The van der Waals surface area contributed by atoms with Crippen LogP contribution in [0.5, 0.6) is 0 Å². The predicted molar refractivity (Wildman–Crippen MR) is 189 cm³/mol. The van der Waals surface area contributed by atoms with Crippen LogP contribution in [0.1, 0.15) is 43.1 Å². The van der Waals surface area contributed by atoms with Gasteiger partial charge >= 0.3 is 0 Å².